The molecule has 0 radical (unpaired) electrons. The predicted molar refractivity (Wildman–Crippen MR) is 57.4 cm³/mol. The van der Waals surface area contributed by atoms with Crippen LogP contribution >= 0.6 is 11.6 Å². The average Bonchev–Trinajstić information content (AvgIpc) is 2.19. The molecule has 0 aromatic carbocycles. The van der Waals surface area contributed by atoms with E-state index in [2.05, 4.69) is 9.97 Å². The summed E-state index contributed by atoms with van der Waals surface area (Å²) in [6.45, 7) is 0. The number of nitrogen functional groups attached to an aromatic ring is 2. The van der Waals surface area contributed by atoms with Crippen LogP contribution in [0.3, 0.4) is 0 Å². The topological polar surface area (TPSA) is 110 Å². The Morgan fingerprint density at radius 1 is 1.47 bits per heavy atom. The van der Waals surface area contributed by atoms with Gasteiger partial charge in [-0.2, -0.15) is 0 Å². The lowest BCUT2D eigenvalue weighted by atomic mass is 10.4. The normalized spacial score (nSPS) is 9.87. The second-order valence-corrected chi connectivity index (χ2v) is 3.30. The van der Waals surface area contributed by atoms with Gasteiger partial charge in [0.1, 0.15) is 0 Å². The Labute approximate surface area is 91.4 Å². The van der Waals surface area contributed by atoms with Crippen LogP contribution in [0.1, 0.15) is 10.5 Å². The Kier molecular flexibility index (Phi) is 3.28. The van der Waals surface area contributed by atoms with Crippen molar-refractivity contribution in [3.05, 3.63) is 10.8 Å². The van der Waals surface area contributed by atoms with Crippen LogP contribution in [0.25, 0.3) is 0 Å². The number of rotatable bonds is 2. The van der Waals surface area contributed by atoms with E-state index in [1.807, 2.05) is 5.43 Å². The standard InChI is InChI=1S/C7H11ClN6O/c1-14(2)6-4(8)11-3(5(9)12-6)7(15)13-10/h10H2,1-2H3,(H2,9,12)(H,13,15). The number of anilines is 2. The number of halogens is 1. The van der Waals surface area contributed by atoms with Crippen molar-refractivity contribution in [1.82, 2.24) is 15.4 Å². The molecular weight excluding hydrogens is 220 g/mol. The Bertz CT molecular complexity index is 393. The lowest BCUT2D eigenvalue weighted by Gasteiger charge is -2.13. The number of nitrogens with one attached hydrogen (secondary N) is 1. The van der Waals surface area contributed by atoms with Crippen LogP contribution in [0.2, 0.25) is 5.15 Å². The second-order valence-electron chi connectivity index (χ2n) is 2.94. The molecule has 0 atom stereocenters. The molecule has 0 spiro atoms. The SMILES string of the molecule is CN(C)c1nc(N)c(C(=O)NN)nc1Cl. The molecule has 8 heteroatoms. The number of nitrogens with two attached hydrogens (primary N) is 2. The van der Waals surface area contributed by atoms with Crippen LogP contribution in [-0.4, -0.2) is 30.0 Å². The molecule has 0 saturated carbocycles. The number of hydrogen-bond donors (Lipinski definition) is 3. The molecule has 82 valence electrons. The van der Waals surface area contributed by atoms with Crippen molar-refractivity contribution >= 4 is 29.1 Å². The number of aromatic nitrogens is 2. The number of amides is 1. The van der Waals surface area contributed by atoms with E-state index in [0.717, 1.165) is 0 Å². The summed E-state index contributed by atoms with van der Waals surface area (Å²) in [5.74, 6) is 4.68. The molecule has 0 saturated heterocycles. The Morgan fingerprint density at radius 2 is 2.07 bits per heavy atom. The Balaban J connectivity index is 3.25. The van der Waals surface area contributed by atoms with Gasteiger partial charge in [0.05, 0.1) is 0 Å². The summed E-state index contributed by atoms with van der Waals surface area (Å²) in [6, 6.07) is 0. The van der Waals surface area contributed by atoms with Gasteiger partial charge in [-0.3, -0.25) is 10.2 Å². The lowest BCUT2D eigenvalue weighted by Crippen LogP contribution is -2.32. The molecule has 0 fully saturated rings. The van der Waals surface area contributed by atoms with Crippen molar-refractivity contribution in [3.8, 4) is 0 Å². The molecule has 1 rings (SSSR count). The van der Waals surface area contributed by atoms with Gasteiger partial charge in [0, 0.05) is 14.1 Å². The van der Waals surface area contributed by atoms with Gasteiger partial charge in [0.25, 0.3) is 5.91 Å². The first kappa shape index (κ1) is 11.5. The first-order valence-corrected chi connectivity index (χ1v) is 4.36. The summed E-state index contributed by atoms with van der Waals surface area (Å²) < 4.78 is 0. The van der Waals surface area contributed by atoms with E-state index in [-0.39, 0.29) is 16.7 Å². The van der Waals surface area contributed by atoms with Crippen molar-refractivity contribution in [3.63, 3.8) is 0 Å². The van der Waals surface area contributed by atoms with Gasteiger partial charge >= 0.3 is 0 Å². The van der Waals surface area contributed by atoms with Crippen molar-refractivity contribution in [2.75, 3.05) is 24.7 Å². The average molecular weight is 231 g/mol. The molecule has 1 aromatic rings. The third kappa shape index (κ3) is 2.25. The zero-order chi connectivity index (χ0) is 11.6. The minimum absolute atomic E-state index is 0.0222. The molecule has 0 bridgehead atoms. The van der Waals surface area contributed by atoms with Crippen molar-refractivity contribution in [2.45, 2.75) is 0 Å². The highest BCUT2D eigenvalue weighted by atomic mass is 35.5. The molecular formula is C7H11ClN6O. The van der Waals surface area contributed by atoms with Crippen LogP contribution in [-0.2, 0) is 0 Å². The highest BCUT2D eigenvalue weighted by molar-refractivity contribution is 6.32. The van der Waals surface area contributed by atoms with E-state index in [0.29, 0.717) is 5.82 Å². The largest absolute Gasteiger partial charge is 0.382 e. The summed E-state index contributed by atoms with van der Waals surface area (Å²) in [5.41, 5.74) is 7.34. The summed E-state index contributed by atoms with van der Waals surface area (Å²) in [6.07, 6.45) is 0. The Hall–Kier alpha value is -1.60. The molecule has 15 heavy (non-hydrogen) atoms. The first-order valence-electron chi connectivity index (χ1n) is 3.98. The smallest absolute Gasteiger partial charge is 0.287 e. The highest BCUT2D eigenvalue weighted by Crippen LogP contribution is 2.22. The summed E-state index contributed by atoms with van der Waals surface area (Å²) in [5, 5.41) is 0.0906. The molecule has 1 aromatic heterocycles. The Morgan fingerprint density at radius 3 is 2.53 bits per heavy atom. The fourth-order valence-corrected chi connectivity index (χ4v) is 1.23. The third-order valence-corrected chi connectivity index (χ3v) is 1.89. The monoisotopic (exact) mass is 230 g/mol. The second kappa shape index (κ2) is 4.28. The number of hydrazine groups is 1. The van der Waals surface area contributed by atoms with E-state index in [9.17, 15) is 4.79 Å². The quantitative estimate of drug-likeness (QED) is 0.355. The maximum absolute atomic E-state index is 11.2. The molecule has 0 aliphatic rings. The molecule has 0 aliphatic carbocycles. The van der Waals surface area contributed by atoms with Crippen LogP contribution in [0.15, 0.2) is 0 Å². The van der Waals surface area contributed by atoms with Crippen molar-refractivity contribution in [2.24, 2.45) is 5.84 Å². The summed E-state index contributed by atoms with van der Waals surface area (Å²) >= 11 is 5.81. The number of carbonyl (C=O) groups is 1. The van der Waals surface area contributed by atoms with Crippen molar-refractivity contribution in [1.29, 1.82) is 0 Å². The zero-order valence-corrected chi connectivity index (χ0v) is 9.04. The molecule has 0 unspecified atom stereocenters. The first-order chi connectivity index (χ1) is 6.97. The van der Waals surface area contributed by atoms with Crippen LogP contribution in [0.4, 0.5) is 11.6 Å². The van der Waals surface area contributed by atoms with Gasteiger partial charge in [-0.25, -0.2) is 15.8 Å². The van der Waals surface area contributed by atoms with Crippen LogP contribution in [0.5, 0.6) is 0 Å². The molecule has 0 aliphatic heterocycles. The van der Waals surface area contributed by atoms with Gasteiger partial charge in [0.15, 0.2) is 22.5 Å². The van der Waals surface area contributed by atoms with Gasteiger partial charge in [0.2, 0.25) is 0 Å². The van der Waals surface area contributed by atoms with Gasteiger partial charge in [-0.15, -0.1) is 0 Å². The summed E-state index contributed by atoms with van der Waals surface area (Å²) in [7, 11) is 3.47. The fourth-order valence-electron chi connectivity index (χ4n) is 0.939. The molecule has 1 heterocycles. The number of hydrogen-bond acceptors (Lipinski definition) is 6. The van der Waals surface area contributed by atoms with Gasteiger partial charge < -0.3 is 10.6 Å². The van der Waals surface area contributed by atoms with Crippen LogP contribution in [0, 0.1) is 0 Å². The zero-order valence-electron chi connectivity index (χ0n) is 8.28. The minimum atomic E-state index is -0.632. The minimum Gasteiger partial charge on any atom is -0.382 e. The lowest BCUT2D eigenvalue weighted by molar-refractivity contribution is 0.0949. The van der Waals surface area contributed by atoms with Gasteiger partial charge in [-0.05, 0) is 0 Å². The van der Waals surface area contributed by atoms with E-state index in [4.69, 9.17) is 23.2 Å². The molecule has 1 amide bonds. The van der Waals surface area contributed by atoms with Crippen LogP contribution < -0.4 is 21.9 Å². The number of nitrogens with zero attached hydrogens (tertiary/aromatic N) is 3. The fraction of sp³-hybridized carbons (Fsp3) is 0.286. The van der Waals surface area contributed by atoms with E-state index in [1.54, 1.807) is 19.0 Å². The van der Waals surface area contributed by atoms with Crippen molar-refractivity contribution < 1.29 is 4.79 Å². The maximum Gasteiger partial charge on any atom is 0.287 e. The third-order valence-electron chi connectivity index (χ3n) is 1.63. The maximum atomic E-state index is 11.2. The summed E-state index contributed by atoms with van der Waals surface area (Å²) in [4.78, 5) is 20.6. The van der Waals surface area contributed by atoms with E-state index < -0.39 is 5.91 Å². The predicted octanol–water partition coefficient (Wildman–Crippen LogP) is -0.618. The van der Waals surface area contributed by atoms with Gasteiger partial charge in [-0.1, -0.05) is 11.6 Å². The van der Waals surface area contributed by atoms with E-state index >= 15 is 0 Å². The molecule has 7 nitrogen and oxygen atoms in total. The molecule has 5 N–H and O–H groups in total. The highest BCUT2D eigenvalue weighted by Gasteiger charge is 2.16. The number of carbonyl (C=O) groups excluding carboxylic acids is 1. The van der Waals surface area contributed by atoms with E-state index in [1.165, 1.54) is 0 Å².